The molecule has 0 aliphatic rings. The Labute approximate surface area is 103 Å². The first kappa shape index (κ1) is 13.3. The summed E-state index contributed by atoms with van der Waals surface area (Å²) >= 11 is 0. The Hall–Kier alpha value is -1.77. The molecule has 0 spiro atoms. The van der Waals surface area contributed by atoms with Crippen molar-refractivity contribution >= 4 is 6.03 Å². The van der Waals surface area contributed by atoms with Crippen LogP contribution >= 0.6 is 0 Å². The van der Waals surface area contributed by atoms with Crippen molar-refractivity contribution in [1.29, 1.82) is 0 Å². The van der Waals surface area contributed by atoms with E-state index in [-0.39, 0.29) is 12.1 Å². The van der Waals surface area contributed by atoms with Gasteiger partial charge in [0, 0.05) is 18.3 Å². The predicted octanol–water partition coefficient (Wildman–Crippen LogP) is 3.14. The lowest BCUT2D eigenvalue weighted by Crippen LogP contribution is -2.42. The van der Waals surface area contributed by atoms with E-state index >= 15 is 0 Å². The van der Waals surface area contributed by atoms with E-state index in [0.29, 0.717) is 12.2 Å². The molecule has 0 saturated carbocycles. The van der Waals surface area contributed by atoms with Gasteiger partial charge < -0.3 is 10.2 Å². The Morgan fingerprint density at radius 1 is 1.35 bits per heavy atom. The molecule has 1 rings (SSSR count). The summed E-state index contributed by atoms with van der Waals surface area (Å²) in [4.78, 5) is 13.7. The van der Waals surface area contributed by atoms with Crippen molar-refractivity contribution in [2.24, 2.45) is 0 Å². The summed E-state index contributed by atoms with van der Waals surface area (Å²) < 4.78 is 0. The van der Waals surface area contributed by atoms with Gasteiger partial charge >= 0.3 is 6.03 Å². The van der Waals surface area contributed by atoms with Crippen LogP contribution in [0.3, 0.4) is 0 Å². The zero-order valence-corrected chi connectivity index (χ0v) is 10.7. The van der Waals surface area contributed by atoms with Gasteiger partial charge in [0.25, 0.3) is 0 Å². The molecular weight excluding hydrogens is 212 g/mol. The Kier molecular flexibility index (Phi) is 4.76. The van der Waals surface area contributed by atoms with Crippen LogP contribution in [-0.4, -0.2) is 17.0 Å². The highest BCUT2D eigenvalue weighted by Gasteiger charge is 2.16. The zero-order valence-electron chi connectivity index (χ0n) is 10.7. The lowest BCUT2D eigenvalue weighted by Gasteiger charge is -2.27. The monoisotopic (exact) mass is 232 g/mol. The second kappa shape index (κ2) is 6.09. The van der Waals surface area contributed by atoms with Gasteiger partial charge in [-0.25, -0.2) is 4.79 Å². The normalized spacial score (nSPS) is 10.1. The highest BCUT2D eigenvalue weighted by atomic mass is 16.2. The summed E-state index contributed by atoms with van der Waals surface area (Å²) in [6, 6.07) is 10.0. The highest BCUT2D eigenvalue weighted by Crippen LogP contribution is 2.08. The van der Waals surface area contributed by atoms with Crippen molar-refractivity contribution in [1.82, 2.24) is 10.2 Å². The van der Waals surface area contributed by atoms with Crippen LogP contribution in [0.4, 0.5) is 4.79 Å². The van der Waals surface area contributed by atoms with E-state index in [1.165, 1.54) is 0 Å². The topological polar surface area (TPSA) is 32.3 Å². The van der Waals surface area contributed by atoms with Crippen molar-refractivity contribution in [3.05, 3.63) is 48.2 Å². The zero-order chi connectivity index (χ0) is 12.8. The number of amides is 2. The fraction of sp³-hybridized carbons (Fsp3) is 0.357. The maximum Gasteiger partial charge on any atom is 0.322 e. The number of allylic oxidation sites excluding steroid dienone is 1. The molecule has 0 bridgehead atoms. The first-order chi connectivity index (χ1) is 8.00. The van der Waals surface area contributed by atoms with Gasteiger partial charge in [0.1, 0.15) is 0 Å². The molecular formula is C14H20N2O. The minimum atomic E-state index is -0.101. The van der Waals surface area contributed by atoms with Crippen LogP contribution in [0.1, 0.15) is 26.3 Å². The van der Waals surface area contributed by atoms with E-state index in [0.717, 1.165) is 5.56 Å². The number of urea groups is 1. The molecule has 3 nitrogen and oxygen atoms in total. The van der Waals surface area contributed by atoms with Gasteiger partial charge in [-0.3, -0.25) is 0 Å². The Balaban J connectivity index is 2.73. The maximum atomic E-state index is 12.0. The second-order valence-corrected chi connectivity index (χ2v) is 4.42. The lowest BCUT2D eigenvalue weighted by molar-refractivity contribution is 0.182. The largest absolute Gasteiger partial charge is 0.322 e. The molecule has 3 heteroatoms. The fourth-order valence-corrected chi connectivity index (χ4v) is 1.52. The van der Waals surface area contributed by atoms with Crippen molar-refractivity contribution in [2.75, 3.05) is 0 Å². The van der Waals surface area contributed by atoms with E-state index in [1.807, 2.05) is 44.2 Å². The summed E-state index contributed by atoms with van der Waals surface area (Å²) in [5, 5.41) is 2.74. The second-order valence-electron chi connectivity index (χ2n) is 4.42. The molecule has 0 fully saturated rings. The molecule has 2 amide bonds. The van der Waals surface area contributed by atoms with Crippen LogP contribution < -0.4 is 5.32 Å². The Bertz CT molecular complexity index is 384. The molecule has 1 aromatic carbocycles. The summed E-state index contributed by atoms with van der Waals surface area (Å²) in [5.41, 5.74) is 1.78. The van der Waals surface area contributed by atoms with E-state index in [2.05, 4.69) is 11.9 Å². The molecule has 92 valence electrons. The van der Waals surface area contributed by atoms with Crippen LogP contribution in [0.25, 0.3) is 0 Å². The van der Waals surface area contributed by atoms with Crippen molar-refractivity contribution in [2.45, 2.75) is 33.4 Å². The minimum Gasteiger partial charge on any atom is -0.318 e. The van der Waals surface area contributed by atoms with Crippen molar-refractivity contribution in [3.8, 4) is 0 Å². The molecule has 17 heavy (non-hydrogen) atoms. The molecule has 0 atom stereocenters. The van der Waals surface area contributed by atoms with Crippen LogP contribution in [0.2, 0.25) is 0 Å². The van der Waals surface area contributed by atoms with E-state index < -0.39 is 0 Å². The summed E-state index contributed by atoms with van der Waals surface area (Å²) in [6.07, 6.45) is 0. The third kappa shape index (κ3) is 4.31. The van der Waals surface area contributed by atoms with Crippen LogP contribution in [0.5, 0.6) is 0 Å². The van der Waals surface area contributed by atoms with Crippen molar-refractivity contribution < 1.29 is 4.79 Å². The molecule has 0 saturated heterocycles. The number of benzene rings is 1. The summed E-state index contributed by atoms with van der Waals surface area (Å²) in [5.74, 6) is 0. The van der Waals surface area contributed by atoms with E-state index in [9.17, 15) is 4.79 Å². The predicted molar refractivity (Wildman–Crippen MR) is 70.5 cm³/mol. The number of rotatable bonds is 4. The molecule has 0 radical (unpaired) electrons. The van der Waals surface area contributed by atoms with Gasteiger partial charge in [0.2, 0.25) is 0 Å². The van der Waals surface area contributed by atoms with E-state index in [1.54, 1.807) is 11.8 Å². The Morgan fingerprint density at radius 2 is 1.94 bits per heavy atom. The van der Waals surface area contributed by atoms with Crippen molar-refractivity contribution in [3.63, 3.8) is 0 Å². The number of carbonyl (C=O) groups excluding carboxylic acids is 1. The number of hydrogen-bond donors (Lipinski definition) is 1. The molecule has 1 aromatic rings. The third-order valence-corrected chi connectivity index (χ3v) is 2.40. The molecule has 0 heterocycles. The summed E-state index contributed by atoms with van der Waals surface area (Å²) in [6.45, 7) is 10.1. The SMILES string of the molecule is C=C(C)NC(=O)N(Cc1ccccc1)C(C)C. The smallest absolute Gasteiger partial charge is 0.318 e. The van der Waals surface area contributed by atoms with E-state index in [4.69, 9.17) is 0 Å². The van der Waals surface area contributed by atoms with Gasteiger partial charge in [-0.2, -0.15) is 0 Å². The third-order valence-electron chi connectivity index (χ3n) is 2.40. The van der Waals surface area contributed by atoms with Gasteiger partial charge in [-0.1, -0.05) is 36.9 Å². The molecule has 0 aromatic heterocycles. The number of nitrogens with zero attached hydrogens (tertiary/aromatic N) is 1. The average molecular weight is 232 g/mol. The van der Waals surface area contributed by atoms with Gasteiger partial charge in [-0.15, -0.1) is 0 Å². The van der Waals surface area contributed by atoms with Gasteiger partial charge in [-0.05, 0) is 26.3 Å². The molecule has 0 aliphatic carbocycles. The lowest BCUT2D eigenvalue weighted by atomic mass is 10.2. The van der Waals surface area contributed by atoms with Gasteiger partial charge in [0.15, 0.2) is 0 Å². The van der Waals surface area contributed by atoms with Crippen LogP contribution in [0, 0.1) is 0 Å². The standard InChI is InChI=1S/C14H20N2O/c1-11(2)15-14(17)16(12(3)4)10-13-8-6-5-7-9-13/h5-9,12H,1,10H2,2-4H3,(H,15,17). The molecule has 0 unspecified atom stereocenters. The number of nitrogens with one attached hydrogen (secondary N) is 1. The fourth-order valence-electron chi connectivity index (χ4n) is 1.52. The molecule has 0 aliphatic heterocycles. The average Bonchev–Trinajstić information content (AvgIpc) is 2.25. The van der Waals surface area contributed by atoms with Crippen LogP contribution in [-0.2, 0) is 6.54 Å². The maximum absolute atomic E-state index is 12.0. The minimum absolute atomic E-state index is 0.101. The first-order valence-corrected chi connectivity index (χ1v) is 5.77. The quantitative estimate of drug-likeness (QED) is 0.849. The number of carbonyl (C=O) groups is 1. The number of hydrogen-bond acceptors (Lipinski definition) is 1. The summed E-state index contributed by atoms with van der Waals surface area (Å²) in [7, 11) is 0. The van der Waals surface area contributed by atoms with Gasteiger partial charge in [0.05, 0.1) is 0 Å². The highest BCUT2D eigenvalue weighted by molar-refractivity contribution is 5.76. The van der Waals surface area contributed by atoms with Crippen LogP contribution in [0.15, 0.2) is 42.6 Å². The molecule has 1 N–H and O–H groups in total. The first-order valence-electron chi connectivity index (χ1n) is 5.77. The Morgan fingerprint density at radius 3 is 2.41 bits per heavy atom.